The quantitative estimate of drug-likeness (QED) is 0.761. The van der Waals surface area contributed by atoms with Crippen molar-refractivity contribution in [2.24, 2.45) is 5.73 Å². The Morgan fingerprint density at radius 2 is 1.90 bits per heavy atom. The summed E-state index contributed by atoms with van der Waals surface area (Å²) in [4.78, 5) is 0.350. The standard InChI is InChI=1S/C15H13BrClNOS/c1-2-9-7-10(4-6-14(9)17)19-11-3-5-12(15(18)20)13(16)8-11/h3-8H,2H2,1H3,(H2,18,20). The zero-order valence-corrected chi connectivity index (χ0v) is 14.0. The number of benzene rings is 2. The number of hydrogen-bond acceptors (Lipinski definition) is 2. The Labute approximate surface area is 137 Å². The van der Waals surface area contributed by atoms with E-state index in [0.717, 1.165) is 32.8 Å². The molecule has 0 saturated carbocycles. The molecule has 2 aromatic carbocycles. The zero-order chi connectivity index (χ0) is 14.7. The molecule has 2 rings (SSSR count). The van der Waals surface area contributed by atoms with Crippen LogP contribution in [0.1, 0.15) is 18.1 Å². The number of thiocarbonyl (C=S) groups is 1. The van der Waals surface area contributed by atoms with Gasteiger partial charge in [0, 0.05) is 15.1 Å². The second-order valence-electron chi connectivity index (χ2n) is 4.21. The first-order valence-electron chi connectivity index (χ1n) is 6.07. The van der Waals surface area contributed by atoms with Crippen LogP contribution in [0.2, 0.25) is 5.02 Å². The van der Waals surface area contributed by atoms with Gasteiger partial charge in [-0.25, -0.2) is 0 Å². The highest BCUT2D eigenvalue weighted by Crippen LogP contribution is 2.29. The van der Waals surface area contributed by atoms with Gasteiger partial charge in [-0.2, -0.15) is 0 Å². The molecule has 5 heteroatoms. The summed E-state index contributed by atoms with van der Waals surface area (Å²) < 4.78 is 6.63. The first kappa shape index (κ1) is 15.3. The summed E-state index contributed by atoms with van der Waals surface area (Å²) >= 11 is 14.5. The van der Waals surface area contributed by atoms with E-state index < -0.39 is 0 Å². The Morgan fingerprint density at radius 3 is 2.50 bits per heavy atom. The molecule has 104 valence electrons. The average Bonchev–Trinajstić information content (AvgIpc) is 2.40. The smallest absolute Gasteiger partial charge is 0.128 e. The van der Waals surface area contributed by atoms with E-state index in [-0.39, 0.29) is 0 Å². The van der Waals surface area contributed by atoms with Crippen molar-refractivity contribution in [3.05, 3.63) is 57.0 Å². The molecule has 0 fully saturated rings. The van der Waals surface area contributed by atoms with Crippen LogP contribution in [0.25, 0.3) is 0 Å². The summed E-state index contributed by atoms with van der Waals surface area (Å²) in [5.41, 5.74) is 7.47. The predicted octanol–water partition coefficient (Wildman–Crippen LogP) is 5.09. The van der Waals surface area contributed by atoms with Gasteiger partial charge in [-0.3, -0.25) is 0 Å². The third kappa shape index (κ3) is 3.51. The lowest BCUT2D eigenvalue weighted by molar-refractivity contribution is 0.481. The fourth-order valence-electron chi connectivity index (χ4n) is 1.78. The SMILES string of the molecule is CCc1cc(Oc2ccc(C(N)=S)c(Br)c2)ccc1Cl. The second-order valence-corrected chi connectivity index (χ2v) is 5.92. The summed E-state index contributed by atoms with van der Waals surface area (Å²) in [7, 11) is 0. The van der Waals surface area contributed by atoms with Gasteiger partial charge in [0.25, 0.3) is 0 Å². The lowest BCUT2D eigenvalue weighted by atomic mass is 10.1. The van der Waals surface area contributed by atoms with Crippen molar-refractivity contribution >= 4 is 44.7 Å². The molecule has 0 saturated heterocycles. The van der Waals surface area contributed by atoms with Gasteiger partial charge in [-0.1, -0.05) is 30.7 Å². The van der Waals surface area contributed by atoms with Crippen molar-refractivity contribution in [3.8, 4) is 11.5 Å². The van der Waals surface area contributed by atoms with Gasteiger partial charge in [0.1, 0.15) is 16.5 Å². The monoisotopic (exact) mass is 369 g/mol. The summed E-state index contributed by atoms with van der Waals surface area (Å²) in [5.74, 6) is 1.46. The molecular weight excluding hydrogens is 358 g/mol. The van der Waals surface area contributed by atoms with Gasteiger partial charge < -0.3 is 10.5 Å². The third-order valence-electron chi connectivity index (χ3n) is 2.84. The van der Waals surface area contributed by atoms with E-state index in [1.165, 1.54) is 0 Å². The molecule has 0 atom stereocenters. The lowest BCUT2D eigenvalue weighted by Gasteiger charge is -2.10. The molecule has 0 heterocycles. The first-order chi connectivity index (χ1) is 9.51. The minimum atomic E-state index is 0.350. The summed E-state index contributed by atoms with van der Waals surface area (Å²) in [6, 6.07) is 11.1. The largest absolute Gasteiger partial charge is 0.457 e. The van der Waals surface area contributed by atoms with Gasteiger partial charge >= 0.3 is 0 Å². The van der Waals surface area contributed by atoms with Crippen molar-refractivity contribution in [3.63, 3.8) is 0 Å². The van der Waals surface area contributed by atoms with Gasteiger partial charge in [0.2, 0.25) is 0 Å². The molecule has 0 aromatic heterocycles. The zero-order valence-electron chi connectivity index (χ0n) is 10.8. The van der Waals surface area contributed by atoms with Crippen LogP contribution in [0.5, 0.6) is 11.5 Å². The number of halogens is 2. The molecule has 0 aliphatic carbocycles. The molecule has 0 radical (unpaired) electrons. The normalized spacial score (nSPS) is 10.3. The second kappa shape index (κ2) is 6.57. The Morgan fingerprint density at radius 1 is 1.25 bits per heavy atom. The first-order valence-corrected chi connectivity index (χ1v) is 7.64. The predicted molar refractivity (Wildman–Crippen MR) is 90.9 cm³/mol. The van der Waals surface area contributed by atoms with Crippen molar-refractivity contribution in [1.29, 1.82) is 0 Å². The van der Waals surface area contributed by atoms with E-state index >= 15 is 0 Å². The van der Waals surface area contributed by atoms with Crippen LogP contribution in [0.15, 0.2) is 40.9 Å². The Kier molecular flexibility index (Phi) is 5.02. The summed E-state index contributed by atoms with van der Waals surface area (Å²) in [6.45, 7) is 2.05. The van der Waals surface area contributed by atoms with Gasteiger partial charge in [0.05, 0.1) is 0 Å². The van der Waals surface area contributed by atoms with Crippen molar-refractivity contribution in [2.45, 2.75) is 13.3 Å². The number of nitrogens with two attached hydrogens (primary N) is 1. The third-order valence-corrected chi connectivity index (χ3v) is 4.08. The summed E-state index contributed by atoms with van der Waals surface area (Å²) in [6.07, 6.45) is 0.861. The molecule has 0 bridgehead atoms. The van der Waals surface area contributed by atoms with Crippen molar-refractivity contribution in [1.82, 2.24) is 0 Å². The number of aryl methyl sites for hydroxylation is 1. The molecule has 2 aromatic rings. The van der Waals surface area contributed by atoms with E-state index in [1.807, 2.05) is 36.4 Å². The maximum atomic E-state index is 6.09. The molecule has 0 unspecified atom stereocenters. The molecule has 2 nitrogen and oxygen atoms in total. The van der Waals surface area contributed by atoms with E-state index in [9.17, 15) is 0 Å². The van der Waals surface area contributed by atoms with Crippen LogP contribution < -0.4 is 10.5 Å². The van der Waals surface area contributed by atoms with E-state index in [4.69, 9.17) is 34.3 Å². The minimum absolute atomic E-state index is 0.350. The highest BCUT2D eigenvalue weighted by Gasteiger charge is 2.06. The van der Waals surface area contributed by atoms with Crippen LogP contribution in [-0.2, 0) is 6.42 Å². The molecule has 20 heavy (non-hydrogen) atoms. The highest BCUT2D eigenvalue weighted by atomic mass is 79.9. The Hall–Kier alpha value is -1.10. The van der Waals surface area contributed by atoms with Gasteiger partial charge in [-0.05, 0) is 64.3 Å². The molecule has 0 aliphatic rings. The fourth-order valence-corrected chi connectivity index (χ4v) is 2.91. The van der Waals surface area contributed by atoms with Gasteiger partial charge in [0.15, 0.2) is 0 Å². The molecule has 2 N–H and O–H groups in total. The van der Waals surface area contributed by atoms with Crippen LogP contribution in [0, 0.1) is 0 Å². The van der Waals surface area contributed by atoms with Gasteiger partial charge in [-0.15, -0.1) is 0 Å². The number of ether oxygens (including phenoxy) is 1. The van der Waals surface area contributed by atoms with Crippen molar-refractivity contribution < 1.29 is 4.74 Å². The molecule has 0 aliphatic heterocycles. The summed E-state index contributed by atoms with van der Waals surface area (Å²) in [5, 5.41) is 0.754. The fraction of sp³-hybridized carbons (Fsp3) is 0.133. The maximum absolute atomic E-state index is 6.09. The molecule has 0 amide bonds. The Balaban J connectivity index is 2.26. The van der Waals surface area contributed by atoms with E-state index in [2.05, 4.69) is 22.9 Å². The Bertz CT molecular complexity index is 660. The van der Waals surface area contributed by atoms with Crippen LogP contribution in [0.3, 0.4) is 0 Å². The van der Waals surface area contributed by atoms with Crippen LogP contribution in [0.4, 0.5) is 0 Å². The number of hydrogen-bond donors (Lipinski definition) is 1. The van der Waals surface area contributed by atoms with Crippen LogP contribution in [-0.4, -0.2) is 4.99 Å². The minimum Gasteiger partial charge on any atom is -0.457 e. The van der Waals surface area contributed by atoms with E-state index in [0.29, 0.717) is 10.7 Å². The molecular formula is C15H13BrClNOS. The van der Waals surface area contributed by atoms with E-state index in [1.54, 1.807) is 0 Å². The average molecular weight is 371 g/mol. The number of rotatable bonds is 4. The lowest BCUT2D eigenvalue weighted by Crippen LogP contribution is -2.09. The van der Waals surface area contributed by atoms with Crippen LogP contribution >= 0.6 is 39.7 Å². The molecule has 0 spiro atoms. The highest BCUT2D eigenvalue weighted by molar-refractivity contribution is 9.10. The topological polar surface area (TPSA) is 35.2 Å². The maximum Gasteiger partial charge on any atom is 0.128 e. The van der Waals surface area contributed by atoms with Crippen molar-refractivity contribution in [2.75, 3.05) is 0 Å².